The fourth-order valence-electron chi connectivity index (χ4n) is 3.42. The molecule has 1 nitrogen and oxygen atoms in total. The fraction of sp³-hybridized carbons (Fsp3) is 0.655. The van der Waals surface area contributed by atoms with Crippen molar-refractivity contribution in [1.82, 2.24) is 4.90 Å². The highest BCUT2D eigenvalue weighted by Gasteiger charge is 1.95. The number of allylic oxidation sites excluding steroid dienone is 10. The summed E-state index contributed by atoms with van der Waals surface area (Å²) in [6.07, 6.45) is 24.0. The van der Waals surface area contributed by atoms with Gasteiger partial charge in [0.2, 0.25) is 0 Å². The van der Waals surface area contributed by atoms with Gasteiger partial charge in [-0.05, 0) is 126 Å². The van der Waals surface area contributed by atoms with Crippen LogP contribution in [0.3, 0.4) is 0 Å². The zero-order valence-electron chi connectivity index (χ0n) is 21.6. The van der Waals surface area contributed by atoms with E-state index in [4.69, 9.17) is 0 Å². The summed E-state index contributed by atoms with van der Waals surface area (Å²) < 4.78 is 0. The second kappa shape index (κ2) is 18.4. The Balaban J connectivity index is 4.01. The minimum atomic E-state index is 1.17. The van der Waals surface area contributed by atoms with E-state index < -0.39 is 0 Å². The fourth-order valence-corrected chi connectivity index (χ4v) is 3.42. The van der Waals surface area contributed by atoms with Crippen LogP contribution in [0, 0.1) is 0 Å². The molecule has 0 aliphatic rings. The standard InChI is InChI=1S/C29H51N/c1-25(2)15-11-18-28(5)21-12-19-26(3)16-9-10-17-27(4)20-13-22-29(6)23-14-24-30(7)8/h15-17,21-22H,9-14,18-20,23-24H2,1-8H3/b26-16-,27-17+,28-21+,29-22+. The molecule has 0 radical (unpaired) electrons. The maximum absolute atomic E-state index is 2.44. The average molecular weight is 414 g/mol. The predicted octanol–water partition coefficient (Wildman–Crippen LogP) is 9.20. The molecule has 0 amide bonds. The van der Waals surface area contributed by atoms with Gasteiger partial charge >= 0.3 is 0 Å². The van der Waals surface area contributed by atoms with E-state index in [0.29, 0.717) is 0 Å². The molecule has 0 aromatic heterocycles. The van der Waals surface area contributed by atoms with Crippen LogP contribution < -0.4 is 0 Å². The summed E-state index contributed by atoms with van der Waals surface area (Å²) in [7, 11) is 4.30. The lowest BCUT2D eigenvalue weighted by Gasteiger charge is -2.09. The number of hydrogen-bond acceptors (Lipinski definition) is 1. The molecule has 0 aromatic rings. The molecule has 0 saturated heterocycles. The Morgan fingerprint density at radius 1 is 0.500 bits per heavy atom. The molecule has 0 atom stereocenters. The minimum Gasteiger partial charge on any atom is -0.309 e. The van der Waals surface area contributed by atoms with Gasteiger partial charge in [-0.2, -0.15) is 0 Å². The van der Waals surface area contributed by atoms with Crippen LogP contribution >= 0.6 is 0 Å². The smallest absolute Gasteiger partial charge is 0.00218 e. The number of unbranched alkanes of at least 4 members (excludes halogenated alkanes) is 1. The van der Waals surface area contributed by atoms with E-state index in [1.165, 1.54) is 93.0 Å². The molecule has 0 aliphatic carbocycles. The molecule has 0 spiro atoms. The first-order chi connectivity index (χ1) is 14.2. The number of nitrogens with zero attached hydrogens (tertiary/aromatic N) is 1. The van der Waals surface area contributed by atoms with Crippen molar-refractivity contribution >= 4 is 0 Å². The van der Waals surface area contributed by atoms with Crippen molar-refractivity contribution in [2.75, 3.05) is 20.6 Å². The van der Waals surface area contributed by atoms with Crippen LogP contribution in [0.15, 0.2) is 58.2 Å². The number of hydrogen-bond donors (Lipinski definition) is 0. The topological polar surface area (TPSA) is 3.24 Å². The Hall–Kier alpha value is -1.34. The molecular weight excluding hydrogens is 362 g/mol. The lowest BCUT2D eigenvalue weighted by Crippen LogP contribution is -2.12. The Morgan fingerprint density at radius 3 is 1.27 bits per heavy atom. The largest absolute Gasteiger partial charge is 0.309 e. The summed E-state index contributed by atoms with van der Waals surface area (Å²) in [5.41, 5.74) is 7.57. The maximum Gasteiger partial charge on any atom is -0.00218 e. The SMILES string of the molecule is CC(C)=CCC/C(C)=C/CC/C(C)=C\CC/C=C(\C)CC/C=C(\C)CCCN(C)C. The molecular formula is C29H51N. The zero-order valence-corrected chi connectivity index (χ0v) is 21.6. The first-order valence-corrected chi connectivity index (χ1v) is 12.1. The molecule has 0 saturated carbocycles. The highest BCUT2D eigenvalue weighted by molar-refractivity contribution is 5.07. The predicted molar refractivity (Wildman–Crippen MR) is 139 cm³/mol. The van der Waals surface area contributed by atoms with Gasteiger partial charge in [0.1, 0.15) is 0 Å². The third-order valence-electron chi connectivity index (χ3n) is 5.48. The molecule has 0 aromatic carbocycles. The molecule has 0 bridgehead atoms. The third-order valence-corrected chi connectivity index (χ3v) is 5.48. The zero-order chi connectivity index (χ0) is 22.8. The monoisotopic (exact) mass is 413 g/mol. The van der Waals surface area contributed by atoms with Gasteiger partial charge in [0.05, 0.1) is 0 Å². The van der Waals surface area contributed by atoms with Crippen LogP contribution in [0.2, 0.25) is 0 Å². The molecule has 172 valence electrons. The van der Waals surface area contributed by atoms with Gasteiger partial charge in [-0.1, -0.05) is 58.2 Å². The van der Waals surface area contributed by atoms with Crippen molar-refractivity contribution in [2.24, 2.45) is 0 Å². The van der Waals surface area contributed by atoms with Gasteiger partial charge in [-0.3, -0.25) is 0 Å². The molecule has 30 heavy (non-hydrogen) atoms. The second-order valence-electron chi connectivity index (χ2n) is 9.58. The van der Waals surface area contributed by atoms with E-state index in [-0.39, 0.29) is 0 Å². The van der Waals surface area contributed by atoms with Crippen molar-refractivity contribution in [3.05, 3.63) is 58.2 Å². The van der Waals surface area contributed by atoms with Gasteiger partial charge in [-0.25, -0.2) is 0 Å². The van der Waals surface area contributed by atoms with E-state index in [0.717, 1.165) is 0 Å². The van der Waals surface area contributed by atoms with Crippen LogP contribution in [-0.2, 0) is 0 Å². The molecule has 0 rings (SSSR count). The lowest BCUT2D eigenvalue weighted by molar-refractivity contribution is 0.400. The van der Waals surface area contributed by atoms with Crippen molar-refractivity contribution in [1.29, 1.82) is 0 Å². The summed E-state index contributed by atoms with van der Waals surface area (Å²) >= 11 is 0. The second-order valence-corrected chi connectivity index (χ2v) is 9.58. The number of rotatable bonds is 16. The summed E-state index contributed by atoms with van der Waals surface area (Å²) in [4.78, 5) is 2.27. The van der Waals surface area contributed by atoms with Crippen molar-refractivity contribution < 1.29 is 0 Å². The van der Waals surface area contributed by atoms with Gasteiger partial charge in [-0.15, -0.1) is 0 Å². The molecule has 0 unspecified atom stereocenters. The Labute approximate surface area is 189 Å². The van der Waals surface area contributed by atoms with Crippen LogP contribution in [0.25, 0.3) is 0 Å². The third kappa shape index (κ3) is 20.0. The summed E-state index contributed by atoms with van der Waals surface area (Å²) in [5, 5.41) is 0. The van der Waals surface area contributed by atoms with Gasteiger partial charge < -0.3 is 4.90 Å². The van der Waals surface area contributed by atoms with Crippen LogP contribution in [0.4, 0.5) is 0 Å². The normalized spacial score (nSPS) is 13.9. The Kier molecular flexibility index (Phi) is 17.6. The summed E-state index contributed by atoms with van der Waals surface area (Å²) in [6, 6.07) is 0. The van der Waals surface area contributed by atoms with E-state index in [1.807, 2.05) is 0 Å². The summed E-state index contributed by atoms with van der Waals surface area (Å²) in [5.74, 6) is 0. The first-order valence-electron chi connectivity index (χ1n) is 12.1. The quantitative estimate of drug-likeness (QED) is 0.180. The molecule has 1 heteroatoms. The highest BCUT2D eigenvalue weighted by Crippen LogP contribution is 2.14. The maximum atomic E-state index is 2.44. The van der Waals surface area contributed by atoms with E-state index >= 15 is 0 Å². The molecule has 0 fully saturated rings. The van der Waals surface area contributed by atoms with E-state index in [1.54, 1.807) is 5.57 Å². The van der Waals surface area contributed by atoms with E-state index in [9.17, 15) is 0 Å². The highest BCUT2D eigenvalue weighted by atomic mass is 15.0. The van der Waals surface area contributed by atoms with Gasteiger partial charge in [0.25, 0.3) is 0 Å². The molecule has 0 aliphatic heterocycles. The van der Waals surface area contributed by atoms with Gasteiger partial charge in [0, 0.05) is 0 Å². The van der Waals surface area contributed by atoms with Crippen molar-refractivity contribution in [3.63, 3.8) is 0 Å². The van der Waals surface area contributed by atoms with Crippen molar-refractivity contribution in [2.45, 2.75) is 106 Å². The van der Waals surface area contributed by atoms with Crippen molar-refractivity contribution in [3.8, 4) is 0 Å². The lowest BCUT2D eigenvalue weighted by atomic mass is 10.0. The van der Waals surface area contributed by atoms with Crippen LogP contribution in [-0.4, -0.2) is 25.5 Å². The van der Waals surface area contributed by atoms with E-state index in [2.05, 4.69) is 90.9 Å². The minimum absolute atomic E-state index is 1.17. The molecule has 0 heterocycles. The Morgan fingerprint density at radius 2 is 0.867 bits per heavy atom. The molecule has 0 N–H and O–H groups in total. The van der Waals surface area contributed by atoms with Gasteiger partial charge in [0.15, 0.2) is 0 Å². The average Bonchev–Trinajstić information content (AvgIpc) is 2.64. The Bertz CT molecular complexity index is 592. The summed E-state index contributed by atoms with van der Waals surface area (Å²) in [6.45, 7) is 14.7. The first kappa shape index (κ1) is 28.7. The van der Waals surface area contributed by atoms with Crippen LogP contribution in [0.1, 0.15) is 106 Å². The van der Waals surface area contributed by atoms with Crippen LogP contribution in [0.5, 0.6) is 0 Å².